The summed E-state index contributed by atoms with van der Waals surface area (Å²) >= 11 is 0. The average molecular weight is 513 g/mol. The Labute approximate surface area is 218 Å². The highest BCUT2D eigenvalue weighted by Gasteiger charge is 2.31. The molecule has 8 nitrogen and oxygen atoms in total. The number of carboxylic acid groups (broad SMARTS) is 4. The van der Waals surface area contributed by atoms with Crippen LogP contribution in [-0.4, -0.2) is 44.3 Å². The molecule has 0 atom stereocenters. The molecule has 8 heteroatoms. The predicted octanol–water partition coefficient (Wildman–Crippen LogP) is 5.52. The van der Waals surface area contributed by atoms with E-state index in [0.717, 1.165) is 16.7 Å². The molecule has 0 unspecified atom stereocenters. The van der Waals surface area contributed by atoms with Crippen molar-refractivity contribution in [1.29, 1.82) is 0 Å². The summed E-state index contributed by atoms with van der Waals surface area (Å²) in [6, 6.07) is 27.6. The number of carboxylic acids is 4. The number of benzene rings is 4. The van der Waals surface area contributed by atoms with Crippen LogP contribution in [0.3, 0.4) is 0 Å². The lowest BCUT2D eigenvalue weighted by atomic mass is 9.70. The van der Waals surface area contributed by atoms with Gasteiger partial charge in [0.1, 0.15) is 0 Å². The fourth-order valence-electron chi connectivity index (χ4n) is 3.92. The third kappa shape index (κ3) is 6.11. The highest BCUT2D eigenvalue weighted by Crippen LogP contribution is 2.39. The molecule has 0 radical (unpaired) electrons. The molecule has 4 aromatic carbocycles. The summed E-state index contributed by atoms with van der Waals surface area (Å²) in [5, 5.41) is 35.9. The topological polar surface area (TPSA) is 149 Å². The van der Waals surface area contributed by atoms with Crippen LogP contribution in [0.4, 0.5) is 0 Å². The minimum atomic E-state index is -1.03. The van der Waals surface area contributed by atoms with Crippen molar-refractivity contribution in [2.24, 2.45) is 0 Å². The van der Waals surface area contributed by atoms with E-state index < -0.39 is 29.3 Å². The maximum Gasteiger partial charge on any atom is 0.335 e. The number of aromatic carboxylic acids is 4. The number of carbonyl (C=O) groups is 4. The van der Waals surface area contributed by atoms with Crippen LogP contribution in [0.25, 0.3) is 0 Å². The molecule has 4 rings (SSSR count). The lowest BCUT2D eigenvalue weighted by Gasteiger charge is -2.32. The van der Waals surface area contributed by atoms with Gasteiger partial charge in [-0.25, -0.2) is 19.2 Å². The fourth-order valence-corrected chi connectivity index (χ4v) is 3.92. The summed E-state index contributed by atoms with van der Waals surface area (Å²) in [6.45, 7) is 1.92. The lowest BCUT2D eigenvalue weighted by molar-refractivity contribution is 0.0686. The Kier molecular flexibility index (Phi) is 8.39. The SMILES string of the molecule is CC(c1ccc(C(=O)O)cc1)(c1ccc(C(=O)O)cc1)c1ccc(C(=O)O)cc1.O=C(O)c1ccccc1. The Hall–Kier alpha value is -5.24. The molecular weight excluding hydrogens is 488 g/mol. The number of hydrogen-bond donors (Lipinski definition) is 4. The van der Waals surface area contributed by atoms with Crippen molar-refractivity contribution in [2.45, 2.75) is 12.3 Å². The molecule has 192 valence electrons. The van der Waals surface area contributed by atoms with Gasteiger partial charge in [-0.3, -0.25) is 0 Å². The zero-order valence-corrected chi connectivity index (χ0v) is 20.2. The molecule has 0 fully saturated rings. The van der Waals surface area contributed by atoms with E-state index in [1.807, 2.05) is 6.92 Å². The van der Waals surface area contributed by atoms with Crippen molar-refractivity contribution in [3.8, 4) is 0 Å². The van der Waals surface area contributed by atoms with Crippen LogP contribution in [0.15, 0.2) is 103 Å². The molecule has 0 heterocycles. The van der Waals surface area contributed by atoms with E-state index in [1.54, 1.807) is 66.7 Å². The summed E-state index contributed by atoms with van der Waals surface area (Å²) in [7, 11) is 0. The summed E-state index contributed by atoms with van der Waals surface area (Å²) in [4.78, 5) is 43.8. The second-order valence-electron chi connectivity index (χ2n) is 8.44. The zero-order valence-electron chi connectivity index (χ0n) is 20.2. The van der Waals surface area contributed by atoms with Crippen LogP contribution in [0.5, 0.6) is 0 Å². The van der Waals surface area contributed by atoms with Crippen LogP contribution >= 0.6 is 0 Å². The van der Waals surface area contributed by atoms with E-state index in [1.165, 1.54) is 36.4 Å². The van der Waals surface area contributed by atoms with E-state index in [0.29, 0.717) is 5.56 Å². The van der Waals surface area contributed by atoms with E-state index in [2.05, 4.69) is 0 Å². The fraction of sp³-hybridized carbons (Fsp3) is 0.0667. The normalized spacial score (nSPS) is 10.6. The minimum Gasteiger partial charge on any atom is -0.478 e. The third-order valence-corrected chi connectivity index (χ3v) is 6.15. The van der Waals surface area contributed by atoms with Crippen molar-refractivity contribution >= 4 is 23.9 Å². The van der Waals surface area contributed by atoms with Gasteiger partial charge >= 0.3 is 23.9 Å². The first-order chi connectivity index (χ1) is 18.0. The van der Waals surface area contributed by atoms with Gasteiger partial charge in [-0.15, -0.1) is 0 Å². The quantitative estimate of drug-likeness (QED) is 0.237. The van der Waals surface area contributed by atoms with Gasteiger partial charge in [-0.1, -0.05) is 54.6 Å². The van der Waals surface area contributed by atoms with Crippen molar-refractivity contribution in [3.05, 3.63) is 142 Å². The summed E-state index contributed by atoms with van der Waals surface area (Å²) in [5.41, 5.74) is 2.38. The van der Waals surface area contributed by atoms with Crippen molar-refractivity contribution in [3.63, 3.8) is 0 Å². The van der Waals surface area contributed by atoms with Crippen LogP contribution in [0.2, 0.25) is 0 Å². The Morgan fingerprint density at radius 2 is 0.658 bits per heavy atom. The molecule has 0 bridgehead atoms. The summed E-state index contributed by atoms with van der Waals surface area (Å²) < 4.78 is 0. The molecule has 0 saturated carbocycles. The summed E-state index contributed by atoms with van der Waals surface area (Å²) in [6.07, 6.45) is 0. The van der Waals surface area contributed by atoms with Gasteiger partial charge in [0.25, 0.3) is 0 Å². The second-order valence-corrected chi connectivity index (χ2v) is 8.44. The second kappa shape index (κ2) is 11.7. The average Bonchev–Trinajstić information content (AvgIpc) is 2.93. The molecule has 0 amide bonds. The van der Waals surface area contributed by atoms with Crippen LogP contribution in [-0.2, 0) is 5.41 Å². The van der Waals surface area contributed by atoms with Gasteiger partial charge in [-0.2, -0.15) is 0 Å². The predicted molar refractivity (Wildman–Crippen MR) is 139 cm³/mol. The first kappa shape index (κ1) is 27.3. The Balaban J connectivity index is 0.000000375. The number of rotatable bonds is 7. The largest absolute Gasteiger partial charge is 0.478 e. The molecular formula is C30H24O8. The maximum atomic E-state index is 11.2. The van der Waals surface area contributed by atoms with Crippen LogP contribution in [0.1, 0.15) is 65.0 Å². The van der Waals surface area contributed by atoms with Gasteiger partial charge < -0.3 is 20.4 Å². The molecule has 0 spiro atoms. The van der Waals surface area contributed by atoms with Crippen molar-refractivity contribution in [2.75, 3.05) is 0 Å². The standard InChI is InChI=1S/C23H18O6.C7H6O2/c1-23(17-8-2-14(3-9-17)20(24)25,18-10-4-15(5-11-18)21(26)27)19-12-6-16(7-13-19)22(28)29;8-7(9)6-4-2-1-3-5-6/h2-13H,1H3,(H,24,25)(H,26,27)(H,28,29);1-5H,(H,8,9). The minimum absolute atomic E-state index is 0.151. The highest BCUT2D eigenvalue weighted by atomic mass is 16.4. The molecule has 0 aliphatic carbocycles. The molecule has 0 saturated heterocycles. The summed E-state index contributed by atoms with van der Waals surface area (Å²) in [5.74, 6) is -3.98. The highest BCUT2D eigenvalue weighted by molar-refractivity contribution is 5.89. The van der Waals surface area contributed by atoms with Crippen LogP contribution in [0, 0.1) is 0 Å². The van der Waals surface area contributed by atoms with Gasteiger partial charge in [0.15, 0.2) is 0 Å². The van der Waals surface area contributed by atoms with Crippen LogP contribution < -0.4 is 0 Å². The molecule has 0 aromatic heterocycles. The smallest absolute Gasteiger partial charge is 0.335 e. The van der Waals surface area contributed by atoms with E-state index in [4.69, 9.17) is 20.4 Å². The van der Waals surface area contributed by atoms with E-state index >= 15 is 0 Å². The van der Waals surface area contributed by atoms with E-state index in [9.17, 15) is 19.2 Å². The first-order valence-electron chi connectivity index (χ1n) is 11.3. The third-order valence-electron chi connectivity index (χ3n) is 6.15. The molecule has 38 heavy (non-hydrogen) atoms. The van der Waals surface area contributed by atoms with Gasteiger partial charge in [0.2, 0.25) is 0 Å². The maximum absolute atomic E-state index is 11.2. The molecule has 0 aliphatic rings. The lowest BCUT2D eigenvalue weighted by Crippen LogP contribution is -2.25. The van der Waals surface area contributed by atoms with Gasteiger partial charge in [0.05, 0.1) is 22.3 Å². The molecule has 0 aliphatic heterocycles. The van der Waals surface area contributed by atoms with Gasteiger partial charge in [0, 0.05) is 5.41 Å². The Morgan fingerprint density at radius 1 is 0.421 bits per heavy atom. The monoisotopic (exact) mass is 512 g/mol. The van der Waals surface area contributed by atoms with Crippen molar-refractivity contribution in [1.82, 2.24) is 0 Å². The first-order valence-corrected chi connectivity index (χ1v) is 11.3. The Morgan fingerprint density at radius 3 is 0.868 bits per heavy atom. The number of hydrogen-bond acceptors (Lipinski definition) is 4. The van der Waals surface area contributed by atoms with Crippen molar-refractivity contribution < 1.29 is 39.6 Å². The molecule has 4 N–H and O–H groups in total. The van der Waals surface area contributed by atoms with Gasteiger partial charge in [-0.05, 0) is 72.1 Å². The Bertz CT molecular complexity index is 1300. The zero-order chi connectivity index (χ0) is 27.9. The molecule has 4 aromatic rings. The van der Waals surface area contributed by atoms with E-state index in [-0.39, 0.29) is 16.7 Å².